The Morgan fingerprint density at radius 3 is 2.52 bits per heavy atom. The topological polar surface area (TPSA) is 78.6 Å². The van der Waals surface area contributed by atoms with E-state index in [1.807, 2.05) is 6.92 Å². The maximum Gasteiger partial charge on any atom is 0.453 e. The zero-order valence-electron chi connectivity index (χ0n) is 14.2. The number of ether oxygens (including phenoxy) is 2. The van der Waals surface area contributed by atoms with Crippen molar-refractivity contribution in [2.24, 2.45) is 0 Å². The molecule has 0 aliphatic carbocycles. The molecule has 0 radical (unpaired) electrons. The van der Waals surface area contributed by atoms with Crippen molar-refractivity contribution in [1.82, 2.24) is 19.8 Å². The average molecular weight is 380 g/mol. The molecule has 3 aromatic rings. The summed E-state index contributed by atoms with van der Waals surface area (Å²) in [6.45, 7) is 2.33. The number of fused-ring (bicyclic) bond motifs is 1. The zero-order chi connectivity index (χ0) is 19.4. The summed E-state index contributed by atoms with van der Waals surface area (Å²) in [4.78, 5) is 11.8. The molecule has 0 saturated heterocycles. The highest BCUT2D eigenvalue weighted by atomic mass is 19.4. The van der Waals surface area contributed by atoms with Gasteiger partial charge in [-0.25, -0.2) is 4.79 Å². The van der Waals surface area contributed by atoms with Crippen LogP contribution in [0.25, 0.3) is 5.65 Å². The van der Waals surface area contributed by atoms with Crippen LogP contribution in [-0.2, 0) is 10.9 Å². The molecule has 27 heavy (non-hydrogen) atoms. The molecule has 0 amide bonds. The summed E-state index contributed by atoms with van der Waals surface area (Å²) in [5, 5.41) is 10.3. The quantitative estimate of drug-likeness (QED) is 0.477. The summed E-state index contributed by atoms with van der Waals surface area (Å²) in [6.07, 6.45) is -2.99. The average Bonchev–Trinajstić information content (AvgIpc) is 3.06. The second-order valence-electron chi connectivity index (χ2n) is 5.58. The lowest BCUT2D eigenvalue weighted by Crippen LogP contribution is -2.12. The van der Waals surface area contributed by atoms with E-state index >= 15 is 0 Å². The Labute approximate surface area is 151 Å². The summed E-state index contributed by atoms with van der Waals surface area (Å²) in [5.41, 5.74) is 0.292. The molecule has 0 bridgehead atoms. The summed E-state index contributed by atoms with van der Waals surface area (Å²) in [7, 11) is 0. The van der Waals surface area contributed by atoms with Crippen LogP contribution >= 0.6 is 0 Å². The van der Waals surface area contributed by atoms with Gasteiger partial charge in [-0.1, -0.05) is 13.3 Å². The number of unbranched alkanes of at least 4 members (excludes halogenated alkanes) is 1. The molecular weight excluding hydrogens is 365 g/mol. The van der Waals surface area contributed by atoms with Gasteiger partial charge in [0.15, 0.2) is 5.65 Å². The van der Waals surface area contributed by atoms with Crippen molar-refractivity contribution < 1.29 is 27.4 Å². The lowest BCUT2D eigenvalue weighted by atomic mass is 10.2. The van der Waals surface area contributed by atoms with Crippen molar-refractivity contribution in [2.45, 2.75) is 25.9 Å². The number of aromatic nitrogens is 4. The van der Waals surface area contributed by atoms with Gasteiger partial charge in [-0.15, -0.1) is 15.3 Å². The molecule has 1 aromatic carbocycles. The maximum atomic E-state index is 12.9. The molecule has 0 aliphatic heterocycles. The molecule has 2 aromatic heterocycles. The van der Waals surface area contributed by atoms with Gasteiger partial charge in [0.05, 0.1) is 12.2 Å². The van der Waals surface area contributed by atoms with E-state index in [0.717, 1.165) is 12.8 Å². The van der Waals surface area contributed by atoms with Crippen molar-refractivity contribution in [3.8, 4) is 11.6 Å². The molecule has 0 fully saturated rings. The van der Waals surface area contributed by atoms with Gasteiger partial charge in [-0.2, -0.15) is 17.7 Å². The number of esters is 1. The third kappa shape index (κ3) is 4.33. The largest absolute Gasteiger partial charge is 0.462 e. The van der Waals surface area contributed by atoms with E-state index in [1.54, 1.807) is 0 Å². The fourth-order valence-electron chi connectivity index (χ4n) is 2.18. The molecule has 0 saturated carbocycles. The number of carbonyl (C=O) groups excluding carboxylic acids is 1. The standard InChI is InChI=1S/C17H15F3N4O3/c1-2-3-10-26-15(25)11-4-6-12(7-5-11)27-14-9-8-13-21-22-16(17(18,19)20)24(13)23-14/h4-9H,2-3,10H2,1H3. The normalized spacial score (nSPS) is 11.6. The number of hydrogen-bond donors (Lipinski definition) is 0. The second kappa shape index (κ2) is 7.60. The molecule has 0 unspecified atom stereocenters. The summed E-state index contributed by atoms with van der Waals surface area (Å²) < 4.78 is 49.8. The minimum Gasteiger partial charge on any atom is -0.462 e. The van der Waals surface area contributed by atoms with Crippen molar-refractivity contribution in [3.63, 3.8) is 0 Å². The Morgan fingerprint density at radius 2 is 1.85 bits per heavy atom. The summed E-state index contributed by atoms with van der Waals surface area (Å²) >= 11 is 0. The molecule has 10 heteroatoms. The SMILES string of the molecule is CCCCOC(=O)c1ccc(Oc2ccc3nnc(C(F)(F)F)n3n2)cc1. The third-order valence-electron chi connectivity index (χ3n) is 3.54. The second-order valence-corrected chi connectivity index (χ2v) is 5.58. The van der Waals surface area contributed by atoms with Crippen LogP contribution in [0.5, 0.6) is 11.6 Å². The van der Waals surface area contributed by atoms with Crippen LogP contribution in [0.1, 0.15) is 35.9 Å². The van der Waals surface area contributed by atoms with Crippen LogP contribution in [0.3, 0.4) is 0 Å². The van der Waals surface area contributed by atoms with Gasteiger partial charge in [-0.05, 0) is 36.8 Å². The van der Waals surface area contributed by atoms with E-state index in [2.05, 4.69) is 15.3 Å². The van der Waals surface area contributed by atoms with Crippen molar-refractivity contribution in [3.05, 3.63) is 47.8 Å². The fourth-order valence-corrected chi connectivity index (χ4v) is 2.18. The van der Waals surface area contributed by atoms with Gasteiger partial charge >= 0.3 is 12.1 Å². The van der Waals surface area contributed by atoms with Gasteiger partial charge in [0.25, 0.3) is 5.82 Å². The number of carbonyl (C=O) groups is 1. The van der Waals surface area contributed by atoms with Crippen molar-refractivity contribution in [1.29, 1.82) is 0 Å². The van der Waals surface area contributed by atoms with E-state index in [9.17, 15) is 18.0 Å². The highest BCUT2D eigenvalue weighted by Crippen LogP contribution is 2.28. The Morgan fingerprint density at radius 1 is 1.11 bits per heavy atom. The Bertz CT molecular complexity index is 939. The highest BCUT2D eigenvalue weighted by molar-refractivity contribution is 5.89. The number of nitrogens with zero attached hydrogens (tertiary/aromatic N) is 4. The molecular formula is C17H15F3N4O3. The molecule has 0 aliphatic rings. The molecule has 0 spiro atoms. The first-order chi connectivity index (χ1) is 12.9. The first-order valence-electron chi connectivity index (χ1n) is 8.13. The monoisotopic (exact) mass is 380 g/mol. The van der Waals surface area contributed by atoms with Crippen molar-refractivity contribution >= 4 is 11.6 Å². The number of rotatable bonds is 6. The third-order valence-corrected chi connectivity index (χ3v) is 3.54. The Balaban J connectivity index is 1.74. The maximum absolute atomic E-state index is 12.9. The number of benzene rings is 1. The first kappa shape index (κ1) is 18.6. The van der Waals surface area contributed by atoms with Crippen LogP contribution in [0.2, 0.25) is 0 Å². The van der Waals surface area contributed by atoms with E-state index in [0.29, 0.717) is 22.4 Å². The van der Waals surface area contributed by atoms with Crippen LogP contribution in [0.4, 0.5) is 13.2 Å². The smallest absolute Gasteiger partial charge is 0.453 e. The van der Waals surface area contributed by atoms with Crippen LogP contribution in [0, 0.1) is 0 Å². The number of halogens is 3. The molecule has 2 heterocycles. The minimum absolute atomic E-state index is 0.0557. The summed E-state index contributed by atoms with van der Waals surface area (Å²) in [6, 6.07) is 8.68. The van der Waals surface area contributed by atoms with Gasteiger partial charge in [-0.3, -0.25) is 0 Å². The van der Waals surface area contributed by atoms with Crippen LogP contribution in [0.15, 0.2) is 36.4 Å². The van der Waals surface area contributed by atoms with Gasteiger partial charge in [0.2, 0.25) is 5.88 Å². The highest BCUT2D eigenvalue weighted by Gasteiger charge is 2.37. The lowest BCUT2D eigenvalue weighted by molar-refractivity contribution is -0.146. The number of alkyl halides is 3. The van der Waals surface area contributed by atoms with Gasteiger partial charge in [0.1, 0.15) is 5.75 Å². The van der Waals surface area contributed by atoms with E-state index in [4.69, 9.17) is 9.47 Å². The van der Waals surface area contributed by atoms with Crippen LogP contribution in [-0.4, -0.2) is 32.4 Å². The van der Waals surface area contributed by atoms with Crippen molar-refractivity contribution in [2.75, 3.05) is 6.61 Å². The van der Waals surface area contributed by atoms with E-state index in [-0.39, 0.29) is 11.5 Å². The first-order valence-corrected chi connectivity index (χ1v) is 8.13. The zero-order valence-corrected chi connectivity index (χ0v) is 14.2. The molecule has 0 N–H and O–H groups in total. The predicted octanol–water partition coefficient (Wildman–Crippen LogP) is 3.89. The minimum atomic E-state index is -4.69. The predicted molar refractivity (Wildman–Crippen MR) is 87.5 cm³/mol. The molecule has 142 valence electrons. The molecule has 0 atom stereocenters. The fraction of sp³-hybridized carbons (Fsp3) is 0.294. The molecule has 3 rings (SSSR count). The van der Waals surface area contributed by atoms with Crippen LogP contribution < -0.4 is 4.74 Å². The van der Waals surface area contributed by atoms with E-state index < -0.39 is 18.0 Å². The number of hydrogen-bond acceptors (Lipinski definition) is 6. The van der Waals surface area contributed by atoms with Gasteiger partial charge < -0.3 is 9.47 Å². The molecule has 7 nitrogen and oxygen atoms in total. The van der Waals surface area contributed by atoms with E-state index in [1.165, 1.54) is 36.4 Å². The Hall–Kier alpha value is -3.17. The Kier molecular flexibility index (Phi) is 5.24. The summed E-state index contributed by atoms with van der Waals surface area (Å²) in [5.74, 6) is -1.47. The van der Waals surface area contributed by atoms with Gasteiger partial charge in [0, 0.05) is 6.07 Å². The lowest BCUT2D eigenvalue weighted by Gasteiger charge is -2.08.